The fourth-order valence-corrected chi connectivity index (χ4v) is 4.89. The lowest BCUT2D eigenvalue weighted by molar-refractivity contribution is -0.119. The Hall–Kier alpha value is -3.58. The smallest absolute Gasteiger partial charge is 0.260 e. The molecule has 4 rings (SSSR count). The Kier molecular flexibility index (Phi) is 9.24. The van der Waals surface area contributed by atoms with Crippen LogP contribution in [0.4, 0.5) is 14.5 Å². The summed E-state index contributed by atoms with van der Waals surface area (Å²) in [6.07, 6.45) is 1.16. The van der Waals surface area contributed by atoms with Gasteiger partial charge in [0.05, 0.1) is 0 Å². The molecule has 0 radical (unpaired) electrons. The molecule has 0 unspecified atom stereocenters. The van der Waals surface area contributed by atoms with Crippen molar-refractivity contribution in [3.05, 3.63) is 101 Å². The van der Waals surface area contributed by atoms with Crippen LogP contribution in [0.25, 0.3) is 0 Å². The van der Waals surface area contributed by atoms with Crippen LogP contribution in [-0.2, 0) is 17.9 Å². The van der Waals surface area contributed by atoms with Gasteiger partial charge in [-0.25, -0.2) is 8.78 Å². The molecule has 0 bridgehead atoms. The average molecular weight is 520 g/mol. The van der Waals surface area contributed by atoms with Crippen LogP contribution in [0.15, 0.2) is 72.8 Å². The van der Waals surface area contributed by atoms with Crippen molar-refractivity contribution in [2.75, 3.05) is 31.1 Å². The number of nitrogens with zero attached hydrogens (tertiary/aromatic N) is 3. The summed E-state index contributed by atoms with van der Waals surface area (Å²) in [4.78, 5) is 32.5. The lowest BCUT2D eigenvalue weighted by Crippen LogP contribution is -2.39. The van der Waals surface area contributed by atoms with Crippen LogP contribution in [-0.4, -0.2) is 47.8 Å². The summed E-state index contributed by atoms with van der Waals surface area (Å²) in [7, 11) is 0. The average Bonchev–Trinajstić information content (AvgIpc) is 2.92. The maximum atomic E-state index is 14.6. The first-order chi connectivity index (χ1) is 18.3. The highest BCUT2D eigenvalue weighted by Crippen LogP contribution is 2.26. The number of carbonyl (C=O) groups excluding carboxylic acids is 2. The molecule has 0 aromatic heterocycles. The van der Waals surface area contributed by atoms with E-state index in [0.717, 1.165) is 35.4 Å². The molecule has 200 valence electrons. The van der Waals surface area contributed by atoms with E-state index in [9.17, 15) is 18.4 Å². The molecule has 0 N–H and O–H groups in total. The fraction of sp³-hybridized carbons (Fsp3) is 0.355. The number of amides is 2. The minimum absolute atomic E-state index is 0.0272. The van der Waals surface area contributed by atoms with Crippen LogP contribution < -0.4 is 4.90 Å². The van der Waals surface area contributed by atoms with Crippen molar-refractivity contribution in [1.82, 2.24) is 9.80 Å². The minimum atomic E-state index is -0.882. The predicted octanol–water partition coefficient (Wildman–Crippen LogP) is 5.89. The third-order valence-electron chi connectivity index (χ3n) is 6.78. The Morgan fingerprint density at radius 2 is 1.50 bits per heavy atom. The van der Waals surface area contributed by atoms with Crippen LogP contribution in [0.2, 0.25) is 0 Å². The molecule has 5 nitrogen and oxygen atoms in total. The Morgan fingerprint density at radius 1 is 0.816 bits per heavy atom. The van der Waals surface area contributed by atoms with E-state index in [2.05, 4.69) is 17.0 Å². The molecule has 1 aliphatic rings. The number of halogens is 2. The van der Waals surface area contributed by atoms with Crippen molar-refractivity contribution in [2.24, 2.45) is 5.92 Å². The van der Waals surface area contributed by atoms with Crippen molar-refractivity contribution >= 4 is 17.5 Å². The van der Waals surface area contributed by atoms with Gasteiger partial charge in [-0.1, -0.05) is 68.4 Å². The minimum Gasteiger partial charge on any atom is -0.333 e. The number of hydrogen-bond acceptors (Lipinski definition) is 3. The second-order valence-corrected chi connectivity index (χ2v) is 10.2. The molecule has 0 spiro atoms. The largest absolute Gasteiger partial charge is 0.333 e. The van der Waals surface area contributed by atoms with Crippen molar-refractivity contribution in [1.29, 1.82) is 0 Å². The van der Waals surface area contributed by atoms with Crippen molar-refractivity contribution in [3.63, 3.8) is 0 Å². The fourth-order valence-electron chi connectivity index (χ4n) is 4.89. The first-order valence-electron chi connectivity index (χ1n) is 13.2. The molecule has 0 fully saturated rings. The molecule has 0 aliphatic carbocycles. The zero-order chi connectivity index (χ0) is 27.1. The zero-order valence-corrected chi connectivity index (χ0v) is 22.1. The number of hydrogen-bond donors (Lipinski definition) is 0. The lowest BCUT2D eigenvalue weighted by Gasteiger charge is -2.28. The highest BCUT2D eigenvalue weighted by Gasteiger charge is 2.27. The van der Waals surface area contributed by atoms with Crippen LogP contribution >= 0.6 is 0 Å². The lowest BCUT2D eigenvalue weighted by atomic mass is 10.1. The Labute approximate surface area is 223 Å². The summed E-state index contributed by atoms with van der Waals surface area (Å²) >= 11 is 0. The van der Waals surface area contributed by atoms with E-state index in [1.165, 1.54) is 11.0 Å². The third-order valence-corrected chi connectivity index (χ3v) is 6.78. The summed E-state index contributed by atoms with van der Waals surface area (Å²) in [5, 5.41) is 0. The van der Waals surface area contributed by atoms with E-state index >= 15 is 0 Å². The monoisotopic (exact) mass is 519 g/mol. The molecular weight excluding hydrogens is 484 g/mol. The van der Waals surface area contributed by atoms with Gasteiger partial charge in [-0.2, -0.15) is 0 Å². The van der Waals surface area contributed by atoms with E-state index in [-0.39, 0.29) is 24.9 Å². The molecule has 1 heterocycles. The van der Waals surface area contributed by atoms with Gasteiger partial charge in [-0.3, -0.25) is 14.5 Å². The molecular formula is C31H35F2N3O2. The summed E-state index contributed by atoms with van der Waals surface area (Å²) in [6, 6.07) is 21.0. The van der Waals surface area contributed by atoms with E-state index in [4.69, 9.17) is 0 Å². The van der Waals surface area contributed by atoms with Crippen molar-refractivity contribution in [2.45, 2.75) is 39.8 Å². The predicted molar refractivity (Wildman–Crippen MR) is 146 cm³/mol. The Balaban J connectivity index is 1.71. The van der Waals surface area contributed by atoms with Crippen LogP contribution in [0.5, 0.6) is 0 Å². The van der Waals surface area contributed by atoms with Gasteiger partial charge < -0.3 is 9.80 Å². The molecule has 7 heteroatoms. The SMILES string of the molecule is CC(C)CC(=O)N1CCCN(Cc2ccccc2)CCN(C(=O)c2c(F)cccc2F)Cc2ccccc21. The second-order valence-electron chi connectivity index (χ2n) is 10.2. The summed E-state index contributed by atoms with van der Waals surface area (Å²) in [5.41, 5.74) is 2.09. The van der Waals surface area contributed by atoms with Crippen molar-refractivity contribution < 1.29 is 18.4 Å². The topological polar surface area (TPSA) is 43.9 Å². The molecule has 0 atom stereocenters. The van der Waals surface area contributed by atoms with Crippen LogP contribution in [0.3, 0.4) is 0 Å². The second kappa shape index (κ2) is 12.8. The zero-order valence-electron chi connectivity index (χ0n) is 22.1. The van der Waals surface area contributed by atoms with Gasteiger partial charge in [-0.05, 0) is 41.7 Å². The number of carbonyl (C=O) groups is 2. The van der Waals surface area contributed by atoms with Gasteiger partial charge in [0.25, 0.3) is 5.91 Å². The maximum Gasteiger partial charge on any atom is 0.260 e. The van der Waals surface area contributed by atoms with Crippen LogP contribution in [0.1, 0.15) is 48.2 Å². The highest BCUT2D eigenvalue weighted by atomic mass is 19.1. The van der Waals surface area contributed by atoms with Crippen LogP contribution in [0, 0.1) is 17.6 Å². The first-order valence-corrected chi connectivity index (χ1v) is 13.2. The highest BCUT2D eigenvalue weighted by molar-refractivity contribution is 5.96. The summed E-state index contributed by atoms with van der Waals surface area (Å²) in [6.45, 7) is 6.90. The van der Waals surface area contributed by atoms with E-state index in [0.29, 0.717) is 32.6 Å². The quantitative estimate of drug-likeness (QED) is 0.422. The molecule has 0 saturated carbocycles. The summed E-state index contributed by atoms with van der Waals surface area (Å²) < 4.78 is 29.3. The van der Waals surface area contributed by atoms with Gasteiger partial charge in [0, 0.05) is 51.4 Å². The maximum absolute atomic E-state index is 14.6. The Morgan fingerprint density at radius 3 is 2.21 bits per heavy atom. The van der Waals surface area contributed by atoms with E-state index < -0.39 is 23.1 Å². The number of anilines is 1. The molecule has 38 heavy (non-hydrogen) atoms. The van der Waals surface area contributed by atoms with Gasteiger partial charge in [0.1, 0.15) is 17.2 Å². The van der Waals surface area contributed by atoms with Gasteiger partial charge in [0.15, 0.2) is 0 Å². The Bertz CT molecular complexity index is 1230. The molecule has 3 aromatic carbocycles. The first kappa shape index (κ1) is 27.5. The standard InChI is InChI=1S/C31H35F2N3O2/c1-23(2)20-29(37)36-17-9-16-34(21-24-10-4-3-5-11-24)18-19-35(22-25-12-6-7-15-28(25)36)31(38)30-26(32)13-8-14-27(30)33/h3-8,10-15,23H,9,16-22H2,1-2H3. The van der Waals surface area contributed by atoms with E-state index in [1.54, 1.807) is 0 Å². The molecule has 0 saturated heterocycles. The summed E-state index contributed by atoms with van der Waals surface area (Å²) in [5.74, 6) is -2.24. The van der Waals surface area contributed by atoms with Gasteiger partial charge >= 0.3 is 0 Å². The molecule has 2 amide bonds. The number of fused-ring (bicyclic) bond motifs is 1. The number of rotatable bonds is 5. The molecule has 3 aromatic rings. The normalized spacial score (nSPS) is 15.2. The van der Waals surface area contributed by atoms with Gasteiger partial charge in [0.2, 0.25) is 5.91 Å². The molecule has 1 aliphatic heterocycles. The number of benzene rings is 3. The van der Waals surface area contributed by atoms with Crippen molar-refractivity contribution in [3.8, 4) is 0 Å². The number of para-hydroxylation sites is 1. The van der Waals surface area contributed by atoms with E-state index in [1.807, 2.05) is 61.2 Å². The van der Waals surface area contributed by atoms with Gasteiger partial charge in [-0.15, -0.1) is 0 Å². The third kappa shape index (κ3) is 6.84.